The van der Waals surface area contributed by atoms with E-state index in [1.54, 1.807) is 0 Å². The van der Waals surface area contributed by atoms with E-state index in [9.17, 15) is 4.79 Å². The maximum atomic E-state index is 12.0. The van der Waals surface area contributed by atoms with Crippen molar-refractivity contribution in [2.24, 2.45) is 22.5 Å². The third-order valence-electron chi connectivity index (χ3n) is 3.21. The molecule has 0 aromatic carbocycles. The molecular formula is C14H30N2O. The van der Waals surface area contributed by atoms with E-state index in [1.807, 2.05) is 0 Å². The number of carbonyl (C=O) groups excluding carboxylic acids is 1. The number of rotatable bonds is 6. The highest BCUT2D eigenvalue weighted by atomic mass is 16.1. The lowest BCUT2D eigenvalue weighted by Crippen LogP contribution is -2.41. The van der Waals surface area contributed by atoms with E-state index in [1.165, 1.54) is 0 Å². The minimum Gasteiger partial charge on any atom is -0.355 e. The molecular weight excluding hydrogens is 212 g/mol. The molecule has 1 amide bonds. The molecule has 0 heterocycles. The Morgan fingerprint density at radius 1 is 1.24 bits per heavy atom. The van der Waals surface area contributed by atoms with E-state index >= 15 is 0 Å². The van der Waals surface area contributed by atoms with Crippen LogP contribution in [0.3, 0.4) is 0 Å². The maximum Gasteiger partial charge on any atom is 0.224 e. The van der Waals surface area contributed by atoms with Crippen LogP contribution in [-0.4, -0.2) is 19.0 Å². The Morgan fingerprint density at radius 3 is 2.12 bits per heavy atom. The van der Waals surface area contributed by atoms with Crippen LogP contribution >= 0.6 is 0 Å². The van der Waals surface area contributed by atoms with E-state index in [-0.39, 0.29) is 22.7 Å². The Hall–Kier alpha value is -0.570. The maximum absolute atomic E-state index is 12.0. The summed E-state index contributed by atoms with van der Waals surface area (Å²) < 4.78 is 0. The van der Waals surface area contributed by atoms with Gasteiger partial charge in [0, 0.05) is 13.1 Å². The zero-order valence-electron chi connectivity index (χ0n) is 12.4. The van der Waals surface area contributed by atoms with Crippen molar-refractivity contribution >= 4 is 5.91 Å². The first-order valence-corrected chi connectivity index (χ1v) is 6.59. The van der Waals surface area contributed by atoms with E-state index in [0.717, 1.165) is 19.4 Å². The van der Waals surface area contributed by atoms with Gasteiger partial charge in [-0.15, -0.1) is 0 Å². The van der Waals surface area contributed by atoms with Gasteiger partial charge in [-0.2, -0.15) is 0 Å². The summed E-state index contributed by atoms with van der Waals surface area (Å²) in [6.45, 7) is 14.0. The van der Waals surface area contributed by atoms with Gasteiger partial charge >= 0.3 is 0 Å². The van der Waals surface area contributed by atoms with Gasteiger partial charge in [0.15, 0.2) is 0 Å². The second kappa shape index (κ2) is 6.39. The predicted molar refractivity (Wildman–Crippen MR) is 73.7 cm³/mol. The Morgan fingerprint density at radius 2 is 1.76 bits per heavy atom. The smallest absolute Gasteiger partial charge is 0.224 e. The van der Waals surface area contributed by atoms with Crippen LogP contribution in [0.1, 0.15) is 54.4 Å². The van der Waals surface area contributed by atoms with E-state index in [2.05, 4.69) is 46.9 Å². The highest BCUT2D eigenvalue weighted by Gasteiger charge is 2.25. The first kappa shape index (κ1) is 16.4. The molecule has 0 aliphatic carbocycles. The first-order chi connectivity index (χ1) is 7.61. The minimum absolute atomic E-state index is 0.0670. The van der Waals surface area contributed by atoms with Crippen molar-refractivity contribution in [2.45, 2.75) is 54.4 Å². The van der Waals surface area contributed by atoms with Gasteiger partial charge in [0.05, 0.1) is 5.92 Å². The molecule has 0 fully saturated rings. The van der Waals surface area contributed by atoms with Gasteiger partial charge in [0.2, 0.25) is 5.91 Å². The molecule has 0 rings (SSSR count). The zero-order valence-corrected chi connectivity index (χ0v) is 12.4. The molecule has 1 atom stereocenters. The molecule has 0 aliphatic rings. The molecule has 0 saturated heterocycles. The quantitative estimate of drug-likeness (QED) is 0.752. The monoisotopic (exact) mass is 242 g/mol. The van der Waals surface area contributed by atoms with Crippen molar-refractivity contribution in [3.05, 3.63) is 0 Å². The molecule has 3 nitrogen and oxygen atoms in total. The fourth-order valence-electron chi connectivity index (χ4n) is 1.62. The van der Waals surface area contributed by atoms with Crippen molar-refractivity contribution in [1.82, 2.24) is 5.32 Å². The number of nitrogens with one attached hydrogen (secondary N) is 1. The molecule has 3 heteroatoms. The van der Waals surface area contributed by atoms with Gasteiger partial charge in [-0.3, -0.25) is 4.79 Å². The summed E-state index contributed by atoms with van der Waals surface area (Å²) in [5.74, 6) is 0.0339. The van der Waals surface area contributed by atoms with Crippen LogP contribution in [0, 0.1) is 16.7 Å². The second-order valence-electron chi connectivity index (χ2n) is 6.93. The van der Waals surface area contributed by atoms with E-state index in [0.29, 0.717) is 6.54 Å². The summed E-state index contributed by atoms with van der Waals surface area (Å²) in [6.07, 6.45) is 1.89. The predicted octanol–water partition coefficient (Wildman–Crippen LogP) is 2.55. The van der Waals surface area contributed by atoms with Crippen molar-refractivity contribution in [3.63, 3.8) is 0 Å². The van der Waals surface area contributed by atoms with Gasteiger partial charge in [0.25, 0.3) is 0 Å². The van der Waals surface area contributed by atoms with Crippen LogP contribution in [0.5, 0.6) is 0 Å². The van der Waals surface area contributed by atoms with Crippen molar-refractivity contribution in [2.75, 3.05) is 13.1 Å². The SMILES string of the molecule is CCC(C)(C)CNC(=O)C(CN)CC(C)(C)C. The lowest BCUT2D eigenvalue weighted by molar-refractivity contribution is -0.126. The Labute approximate surface area is 107 Å². The average Bonchev–Trinajstić information content (AvgIpc) is 2.21. The zero-order chi connectivity index (χ0) is 13.7. The van der Waals surface area contributed by atoms with Crippen LogP contribution in [0.2, 0.25) is 0 Å². The van der Waals surface area contributed by atoms with Crippen LogP contribution in [0.25, 0.3) is 0 Å². The fourth-order valence-corrected chi connectivity index (χ4v) is 1.62. The van der Waals surface area contributed by atoms with Crippen LogP contribution < -0.4 is 11.1 Å². The lowest BCUT2D eigenvalue weighted by atomic mass is 9.84. The number of amides is 1. The van der Waals surface area contributed by atoms with Gasteiger partial charge in [-0.05, 0) is 23.7 Å². The summed E-state index contributed by atoms with van der Waals surface area (Å²) >= 11 is 0. The van der Waals surface area contributed by atoms with Crippen LogP contribution in [0.15, 0.2) is 0 Å². The van der Waals surface area contributed by atoms with Crippen molar-refractivity contribution in [3.8, 4) is 0 Å². The number of carbonyl (C=O) groups is 1. The van der Waals surface area contributed by atoms with E-state index in [4.69, 9.17) is 5.73 Å². The molecule has 102 valence electrons. The largest absolute Gasteiger partial charge is 0.355 e. The Kier molecular flexibility index (Phi) is 6.17. The van der Waals surface area contributed by atoms with Crippen molar-refractivity contribution in [1.29, 1.82) is 0 Å². The molecule has 0 aromatic heterocycles. The molecule has 0 aromatic rings. The minimum atomic E-state index is -0.0670. The normalized spacial score (nSPS) is 14.5. The highest BCUT2D eigenvalue weighted by molar-refractivity contribution is 5.78. The summed E-state index contributed by atoms with van der Waals surface area (Å²) in [7, 11) is 0. The van der Waals surface area contributed by atoms with Crippen LogP contribution in [-0.2, 0) is 4.79 Å². The third-order valence-corrected chi connectivity index (χ3v) is 3.21. The third kappa shape index (κ3) is 7.37. The standard InChI is InChI=1S/C14H30N2O/c1-7-14(5,6)10-16-12(17)11(9-15)8-13(2,3)4/h11H,7-10,15H2,1-6H3,(H,16,17). The Balaban J connectivity index is 4.28. The molecule has 0 aliphatic heterocycles. The topological polar surface area (TPSA) is 55.1 Å². The molecule has 1 unspecified atom stereocenters. The molecule has 0 radical (unpaired) electrons. The fraction of sp³-hybridized carbons (Fsp3) is 0.929. The summed E-state index contributed by atoms with van der Waals surface area (Å²) in [5, 5.41) is 3.03. The van der Waals surface area contributed by atoms with Gasteiger partial charge in [-0.1, -0.05) is 41.5 Å². The molecule has 17 heavy (non-hydrogen) atoms. The summed E-state index contributed by atoms with van der Waals surface area (Å²) in [6, 6.07) is 0. The molecule has 0 saturated carbocycles. The first-order valence-electron chi connectivity index (χ1n) is 6.59. The second-order valence-corrected chi connectivity index (χ2v) is 6.93. The van der Waals surface area contributed by atoms with Crippen molar-refractivity contribution < 1.29 is 4.79 Å². The van der Waals surface area contributed by atoms with Crippen LogP contribution in [0.4, 0.5) is 0 Å². The van der Waals surface area contributed by atoms with Gasteiger partial charge < -0.3 is 11.1 Å². The highest BCUT2D eigenvalue weighted by Crippen LogP contribution is 2.24. The lowest BCUT2D eigenvalue weighted by Gasteiger charge is -2.27. The number of nitrogens with two attached hydrogens (primary N) is 1. The van der Waals surface area contributed by atoms with Gasteiger partial charge in [0.1, 0.15) is 0 Å². The number of hydrogen-bond acceptors (Lipinski definition) is 2. The van der Waals surface area contributed by atoms with Gasteiger partial charge in [-0.25, -0.2) is 0 Å². The average molecular weight is 242 g/mol. The molecule has 0 spiro atoms. The van der Waals surface area contributed by atoms with E-state index < -0.39 is 0 Å². The summed E-state index contributed by atoms with van der Waals surface area (Å²) in [4.78, 5) is 12.0. The number of hydrogen-bond donors (Lipinski definition) is 2. The summed E-state index contributed by atoms with van der Waals surface area (Å²) in [5.41, 5.74) is 6.00. The molecule has 0 bridgehead atoms. The Bertz CT molecular complexity index is 241. The molecule has 3 N–H and O–H groups in total.